The van der Waals surface area contributed by atoms with E-state index >= 15 is 0 Å². The zero-order valence-electron chi connectivity index (χ0n) is 8.82. The van der Waals surface area contributed by atoms with E-state index in [1.807, 2.05) is 0 Å². The van der Waals surface area contributed by atoms with Crippen molar-refractivity contribution in [1.29, 1.82) is 0 Å². The summed E-state index contributed by atoms with van der Waals surface area (Å²) < 4.78 is 13.2. The predicted octanol–water partition coefficient (Wildman–Crippen LogP) is 3.17. The molecule has 1 aromatic heterocycles. The molecule has 0 saturated heterocycles. The summed E-state index contributed by atoms with van der Waals surface area (Å²) in [5.41, 5.74) is 0.133. The molecule has 1 N–H and O–H groups in total. The molecule has 18 heavy (non-hydrogen) atoms. The van der Waals surface area contributed by atoms with Crippen molar-refractivity contribution < 1.29 is 9.18 Å². The Morgan fingerprint density at radius 2 is 2.00 bits per heavy atom. The van der Waals surface area contributed by atoms with Gasteiger partial charge in [-0.1, -0.05) is 23.2 Å². The molecule has 7 heteroatoms. The number of hydrogen-bond donors (Lipinski definition) is 1. The van der Waals surface area contributed by atoms with Crippen LogP contribution >= 0.6 is 23.2 Å². The molecule has 1 aromatic carbocycles. The number of benzene rings is 1. The number of hydrogen-bond acceptors (Lipinski definition) is 3. The minimum absolute atomic E-state index is 0.0437. The van der Waals surface area contributed by atoms with Crippen molar-refractivity contribution in [3.63, 3.8) is 0 Å². The first-order valence-corrected chi connectivity index (χ1v) is 5.56. The van der Waals surface area contributed by atoms with E-state index in [1.165, 1.54) is 24.5 Å². The van der Waals surface area contributed by atoms with E-state index in [1.54, 1.807) is 0 Å². The highest BCUT2D eigenvalue weighted by atomic mass is 35.5. The van der Waals surface area contributed by atoms with Crippen LogP contribution in [0.25, 0.3) is 0 Å². The van der Waals surface area contributed by atoms with Crippen LogP contribution in [0.3, 0.4) is 0 Å². The van der Waals surface area contributed by atoms with E-state index in [0.29, 0.717) is 0 Å². The molecule has 2 aromatic rings. The van der Waals surface area contributed by atoms with Crippen LogP contribution in [0.15, 0.2) is 30.6 Å². The fourth-order valence-electron chi connectivity index (χ4n) is 1.20. The van der Waals surface area contributed by atoms with Gasteiger partial charge in [0, 0.05) is 5.56 Å². The average molecular weight is 286 g/mol. The van der Waals surface area contributed by atoms with E-state index in [9.17, 15) is 9.18 Å². The van der Waals surface area contributed by atoms with Gasteiger partial charge in [-0.05, 0) is 18.2 Å². The molecule has 1 amide bonds. The molecule has 0 fully saturated rings. The van der Waals surface area contributed by atoms with Crippen LogP contribution in [0, 0.1) is 5.82 Å². The van der Waals surface area contributed by atoms with Crippen LogP contribution < -0.4 is 5.32 Å². The second kappa shape index (κ2) is 5.29. The molecule has 0 unspecified atom stereocenters. The largest absolute Gasteiger partial charge is 0.305 e. The lowest BCUT2D eigenvalue weighted by Crippen LogP contribution is -2.13. The van der Waals surface area contributed by atoms with Crippen molar-refractivity contribution in [3.8, 4) is 0 Å². The number of amides is 1. The van der Waals surface area contributed by atoms with Crippen LogP contribution in [0.2, 0.25) is 10.2 Å². The number of nitrogens with zero attached hydrogens (tertiary/aromatic N) is 2. The number of rotatable bonds is 2. The Morgan fingerprint density at radius 3 is 2.61 bits per heavy atom. The Hall–Kier alpha value is -1.72. The third-order valence-electron chi connectivity index (χ3n) is 2.04. The molecular weight excluding hydrogens is 280 g/mol. The lowest BCUT2D eigenvalue weighted by Gasteiger charge is -2.04. The van der Waals surface area contributed by atoms with Gasteiger partial charge in [0.2, 0.25) is 0 Å². The first kappa shape index (κ1) is 12.7. The van der Waals surface area contributed by atoms with Gasteiger partial charge in [-0.3, -0.25) is 4.79 Å². The van der Waals surface area contributed by atoms with Gasteiger partial charge in [0.1, 0.15) is 11.0 Å². The average Bonchev–Trinajstić information content (AvgIpc) is 2.35. The van der Waals surface area contributed by atoms with Crippen molar-refractivity contribution in [2.24, 2.45) is 0 Å². The number of nitrogens with one attached hydrogen (secondary N) is 1. The maximum atomic E-state index is 13.2. The normalized spacial score (nSPS) is 10.2. The zero-order valence-corrected chi connectivity index (χ0v) is 10.3. The topological polar surface area (TPSA) is 54.9 Å². The van der Waals surface area contributed by atoms with Gasteiger partial charge in [-0.25, -0.2) is 14.4 Å². The van der Waals surface area contributed by atoms with E-state index < -0.39 is 11.7 Å². The molecule has 0 saturated carbocycles. The maximum absolute atomic E-state index is 13.2. The molecule has 0 aliphatic rings. The SMILES string of the molecule is O=C(Nc1cnc(Cl)cn1)c1ccc(Cl)c(F)c1. The monoisotopic (exact) mass is 285 g/mol. The smallest absolute Gasteiger partial charge is 0.256 e. The summed E-state index contributed by atoms with van der Waals surface area (Å²) in [6.07, 6.45) is 2.59. The van der Waals surface area contributed by atoms with E-state index in [4.69, 9.17) is 23.2 Å². The summed E-state index contributed by atoms with van der Waals surface area (Å²) in [4.78, 5) is 19.3. The second-order valence-corrected chi connectivity index (χ2v) is 4.10. The molecule has 0 atom stereocenters. The quantitative estimate of drug-likeness (QED) is 0.922. The first-order valence-electron chi connectivity index (χ1n) is 4.80. The van der Waals surface area contributed by atoms with Crippen molar-refractivity contribution in [2.75, 3.05) is 5.32 Å². The lowest BCUT2D eigenvalue weighted by atomic mass is 10.2. The minimum atomic E-state index is -0.661. The van der Waals surface area contributed by atoms with Gasteiger partial charge in [0.05, 0.1) is 17.4 Å². The standard InChI is InChI=1S/C11H6Cl2FN3O/c12-7-2-1-6(3-8(7)14)11(18)17-10-5-15-9(13)4-16-10/h1-5H,(H,16,17,18). The van der Waals surface area contributed by atoms with Crippen LogP contribution in [0.4, 0.5) is 10.2 Å². The van der Waals surface area contributed by atoms with Gasteiger partial charge < -0.3 is 5.32 Å². The summed E-state index contributed by atoms with van der Waals surface area (Å²) >= 11 is 11.1. The molecule has 0 spiro atoms. The summed E-state index contributed by atoms with van der Waals surface area (Å²) in [6.45, 7) is 0. The summed E-state index contributed by atoms with van der Waals surface area (Å²) in [6, 6.07) is 3.75. The zero-order chi connectivity index (χ0) is 13.1. The van der Waals surface area contributed by atoms with Crippen molar-refractivity contribution in [3.05, 3.63) is 52.1 Å². The van der Waals surface area contributed by atoms with Crippen molar-refractivity contribution in [1.82, 2.24) is 9.97 Å². The summed E-state index contributed by atoms with van der Waals surface area (Å²) in [5.74, 6) is -0.951. The van der Waals surface area contributed by atoms with Crippen LogP contribution in [0.1, 0.15) is 10.4 Å². The Bertz CT molecular complexity index is 589. The Balaban J connectivity index is 2.16. The number of anilines is 1. The van der Waals surface area contributed by atoms with Crippen LogP contribution in [-0.2, 0) is 0 Å². The van der Waals surface area contributed by atoms with Gasteiger partial charge in [-0.2, -0.15) is 0 Å². The molecule has 4 nitrogen and oxygen atoms in total. The van der Waals surface area contributed by atoms with Gasteiger partial charge in [-0.15, -0.1) is 0 Å². The summed E-state index contributed by atoms with van der Waals surface area (Å²) in [7, 11) is 0. The molecule has 0 radical (unpaired) electrons. The number of carbonyl (C=O) groups excluding carboxylic acids is 1. The molecule has 0 aliphatic heterocycles. The molecule has 2 rings (SSSR count). The molecular formula is C11H6Cl2FN3O. The Morgan fingerprint density at radius 1 is 1.22 bits per heavy atom. The molecule has 0 aliphatic carbocycles. The molecule has 0 bridgehead atoms. The van der Waals surface area contributed by atoms with Gasteiger partial charge in [0.25, 0.3) is 5.91 Å². The van der Waals surface area contributed by atoms with E-state index in [-0.39, 0.29) is 21.6 Å². The van der Waals surface area contributed by atoms with Gasteiger partial charge in [0.15, 0.2) is 5.82 Å². The summed E-state index contributed by atoms with van der Waals surface area (Å²) in [5, 5.41) is 2.62. The Labute approximate surface area is 112 Å². The molecule has 92 valence electrons. The second-order valence-electron chi connectivity index (χ2n) is 3.31. The van der Waals surface area contributed by atoms with Crippen LogP contribution in [0.5, 0.6) is 0 Å². The Kier molecular flexibility index (Phi) is 3.74. The van der Waals surface area contributed by atoms with Crippen molar-refractivity contribution >= 4 is 34.9 Å². The molecule has 1 heterocycles. The number of halogens is 3. The van der Waals surface area contributed by atoms with Crippen molar-refractivity contribution in [2.45, 2.75) is 0 Å². The number of aromatic nitrogens is 2. The third-order valence-corrected chi connectivity index (χ3v) is 2.55. The first-order chi connectivity index (χ1) is 8.56. The van der Waals surface area contributed by atoms with Gasteiger partial charge >= 0.3 is 0 Å². The third kappa shape index (κ3) is 2.94. The highest BCUT2D eigenvalue weighted by Crippen LogP contribution is 2.16. The fourth-order valence-corrected chi connectivity index (χ4v) is 1.42. The fraction of sp³-hybridized carbons (Fsp3) is 0. The highest BCUT2D eigenvalue weighted by Gasteiger charge is 2.09. The van der Waals surface area contributed by atoms with E-state index in [0.717, 1.165) is 6.07 Å². The lowest BCUT2D eigenvalue weighted by molar-refractivity contribution is 0.102. The predicted molar refractivity (Wildman–Crippen MR) is 66.4 cm³/mol. The number of carbonyl (C=O) groups is 1. The minimum Gasteiger partial charge on any atom is -0.305 e. The van der Waals surface area contributed by atoms with E-state index in [2.05, 4.69) is 15.3 Å². The highest BCUT2D eigenvalue weighted by molar-refractivity contribution is 6.30. The maximum Gasteiger partial charge on any atom is 0.256 e. The van der Waals surface area contributed by atoms with Crippen LogP contribution in [-0.4, -0.2) is 15.9 Å².